The SMILES string of the molecule is C/C(CCC1(C)OB(c2cnc(OCC(F)(F)F)c(F)c2)OC1(C)C)=C1\C=C(Cl)C=CN1N=N. The molecule has 3 heterocycles. The zero-order valence-corrected chi connectivity index (χ0v) is 19.8. The molecule has 0 amide bonds. The second-order valence-corrected chi connectivity index (χ2v) is 9.16. The molecule has 184 valence electrons. The predicted octanol–water partition coefficient (Wildman–Crippen LogP) is 5.39. The summed E-state index contributed by atoms with van der Waals surface area (Å²) in [5.74, 6) is -1.80. The maximum Gasteiger partial charge on any atom is 0.496 e. The molecular formula is C21H24BClF4N4O3. The minimum absolute atomic E-state index is 0.218. The molecule has 2 aliphatic heterocycles. The predicted molar refractivity (Wildman–Crippen MR) is 118 cm³/mol. The Kier molecular flexibility index (Phi) is 7.44. The molecule has 0 spiro atoms. The molecule has 2 aliphatic rings. The van der Waals surface area contributed by atoms with Crippen molar-refractivity contribution in [2.75, 3.05) is 6.61 Å². The number of nitrogens with zero attached hydrogens (tertiary/aromatic N) is 3. The van der Waals surface area contributed by atoms with E-state index in [1.165, 1.54) is 11.2 Å². The molecule has 0 aliphatic carbocycles. The van der Waals surface area contributed by atoms with Crippen molar-refractivity contribution < 1.29 is 31.6 Å². The lowest BCUT2D eigenvalue weighted by atomic mass is 9.80. The third-order valence-corrected chi connectivity index (χ3v) is 6.17. The maximum absolute atomic E-state index is 14.3. The van der Waals surface area contributed by atoms with Crippen molar-refractivity contribution >= 4 is 24.2 Å². The van der Waals surface area contributed by atoms with Crippen LogP contribution in [0.25, 0.3) is 0 Å². The lowest BCUT2D eigenvalue weighted by molar-refractivity contribution is -0.154. The summed E-state index contributed by atoms with van der Waals surface area (Å²) in [5.41, 5.74) is 7.57. The van der Waals surface area contributed by atoms with Crippen molar-refractivity contribution in [1.29, 1.82) is 5.53 Å². The van der Waals surface area contributed by atoms with Gasteiger partial charge in [-0.2, -0.15) is 18.7 Å². The van der Waals surface area contributed by atoms with Crippen molar-refractivity contribution in [1.82, 2.24) is 9.99 Å². The van der Waals surface area contributed by atoms with E-state index < -0.39 is 42.8 Å². The number of pyridine rings is 1. The van der Waals surface area contributed by atoms with Gasteiger partial charge in [0.15, 0.2) is 12.4 Å². The van der Waals surface area contributed by atoms with E-state index in [0.29, 0.717) is 23.6 Å². The van der Waals surface area contributed by atoms with Gasteiger partial charge in [-0.15, -0.1) is 0 Å². The third kappa shape index (κ3) is 5.79. The van der Waals surface area contributed by atoms with Crippen LogP contribution >= 0.6 is 11.6 Å². The molecule has 1 fully saturated rings. The normalized spacial score (nSPS) is 23.7. The fourth-order valence-corrected chi connectivity index (χ4v) is 3.70. The van der Waals surface area contributed by atoms with Gasteiger partial charge in [-0.05, 0) is 64.3 Å². The number of rotatable bonds is 7. The van der Waals surface area contributed by atoms with Gasteiger partial charge in [0, 0.05) is 22.9 Å². The standard InChI is InChI=1S/C21H24BClF4N4O3/c1-13(17-10-15(23)6-8-31(17)30-28)5-7-20(4)19(2,3)33-22(34-20)14-9-16(24)18(29-11-14)32-12-21(25,26)27/h6,8-11,28H,5,7,12H2,1-4H3/b17-13-,30-28?. The molecule has 0 radical (unpaired) electrons. The summed E-state index contributed by atoms with van der Waals surface area (Å²) < 4.78 is 67.9. The molecule has 34 heavy (non-hydrogen) atoms. The second-order valence-electron chi connectivity index (χ2n) is 8.72. The summed E-state index contributed by atoms with van der Waals surface area (Å²) in [6.45, 7) is 5.80. The number of ether oxygens (including phenoxy) is 1. The van der Waals surface area contributed by atoms with E-state index >= 15 is 0 Å². The molecule has 1 saturated heterocycles. The van der Waals surface area contributed by atoms with Crippen LogP contribution in [0.1, 0.15) is 40.5 Å². The smallest absolute Gasteiger partial charge is 0.466 e. The van der Waals surface area contributed by atoms with Gasteiger partial charge in [0.25, 0.3) is 5.88 Å². The minimum Gasteiger partial charge on any atom is -0.466 e. The Morgan fingerprint density at radius 2 is 2.03 bits per heavy atom. The summed E-state index contributed by atoms with van der Waals surface area (Å²) in [5, 5.41) is 5.38. The maximum atomic E-state index is 14.3. The lowest BCUT2D eigenvalue weighted by Crippen LogP contribution is -2.44. The highest BCUT2D eigenvalue weighted by Crippen LogP contribution is 2.41. The van der Waals surface area contributed by atoms with Crippen LogP contribution in [0.4, 0.5) is 17.6 Å². The van der Waals surface area contributed by atoms with Crippen LogP contribution in [0.2, 0.25) is 0 Å². The average Bonchev–Trinajstić information content (AvgIpc) is 2.99. The van der Waals surface area contributed by atoms with Gasteiger partial charge < -0.3 is 14.0 Å². The zero-order valence-electron chi connectivity index (χ0n) is 19.0. The first-order valence-corrected chi connectivity index (χ1v) is 10.7. The molecule has 1 N–H and O–H groups in total. The van der Waals surface area contributed by atoms with Crippen molar-refractivity contribution in [3.8, 4) is 5.88 Å². The highest BCUT2D eigenvalue weighted by atomic mass is 35.5. The fraction of sp³-hybridized carbons (Fsp3) is 0.476. The molecule has 3 rings (SSSR count). The van der Waals surface area contributed by atoms with Crippen molar-refractivity contribution in [3.05, 3.63) is 52.7 Å². The largest absolute Gasteiger partial charge is 0.496 e. The zero-order chi connectivity index (χ0) is 25.3. The number of alkyl halides is 3. The van der Waals surface area contributed by atoms with Crippen LogP contribution in [0.5, 0.6) is 5.88 Å². The van der Waals surface area contributed by atoms with Crippen LogP contribution < -0.4 is 10.2 Å². The Hall–Kier alpha value is -2.44. The summed E-state index contributed by atoms with van der Waals surface area (Å²) >= 11 is 6.10. The van der Waals surface area contributed by atoms with Gasteiger partial charge in [-0.3, -0.25) is 0 Å². The molecule has 1 atom stereocenters. The first-order chi connectivity index (χ1) is 15.7. The average molecular weight is 503 g/mol. The molecule has 0 saturated carbocycles. The topological polar surface area (TPSA) is 80.0 Å². The van der Waals surface area contributed by atoms with E-state index in [-0.39, 0.29) is 5.46 Å². The summed E-state index contributed by atoms with van der Waals surface area (Å²) in [6, 6.07) is 0.993. The van der Waals surface area contributed by atoms with E-state index in [1.807, 2.05) is 27.7 Å². The quantitative estimate of drug-likeness (QED) is 0.307. The molecule has 1 aromatic heterocycles. The van der Waals surface area contributed by atoms with Crippen LogP contribution in [0.15, 0.2) is 52.1 Å². The van der Waals surface area contributed by atoms with Crippen molar-refractivity contribution in [2.24, 2.45) is 5.22 Å². The van der Waals surface area contributed by atoms with E-state index in [9.17, 15) is 17.6 Å². The van der Waals surface area contributed by atoms with E-state index in [0.717, 1.165) is 11.6 Å². The summed E-state index contributed by atoms with van der Waals surface area (Å²) in [7, 11) is -0.974. The Bertz CT molecular complexity index is 1050. The number of aromatic nitrogens is 1. The van der Waals surface area contributed by atoms with Crippen LogP contribution in [0, 0.1) is 11.3 Å². The van der Waals surface area contributed by atoms with Gasteiger partial charge in [0.1, 0.15) is 0 Å². The van der Waals surface area contributed by atoms with E-state index in [2.05, 4.69) is 14.9 Å². The van der Waals surface area contributed by atoms with Crippen molar-refractivity contribution in [3.63, 3.8) is 0 Å². The third-order valence-electron chi connectivity index (χ3n) is 5.93. The number of hydrogen-bond donors (Lipinski definition) is 1. The summed E-state index contributed by atoms with van der Waals surface area (Å²) in [4.78, 5) is 3.66. The van der Waals surface area contributed by atoms with Gasteiger partial charge in [0.2, 0.25) is 0 Å². The molecule has 1 unspecified atom stereocenters. The van der Waals surface area contributed by atoms with Crippen LogP contribution in [-0.4, -0.2) is 41.1 Å². The summed E-state index contributed by atoms with van der Waals surface area (Å²) in [6.07, 6.45) is 2.57. The Labute approximate surface area is 200 Å². The number of nitrogens with one attached hydrogen (secondary N) is 1. The molecular weight excluding hydrogens is 479 g/mol. The number of allylic oxidation sites excluding steroid dienone is 4. The highest BCUT2D eigenvalue weighted by Gasteiger charge is 2.54. The number of halogens is 5. The van der Waals surface area contributed by atoms with Gasteiger partial charge in [-0.25, -0.2) is 14.4 Å². The second kappa shape index (κ2) is 9.67. The monoisotopic (exact) mass is 502 g/mol. The molecule has 0 bridgehead atoms. The Morgan fingerprint density at radius 3 is 2.65 bits per heavy atom. The van der Waals surface area contributed by atoms with Crippen LogP contribution in [-0.2, 0) is 9.31 Å². The Balaban J connectivity index is 1.74. The first-order valence-electron chi connectivity index (χ1n) is 10.4. The lowest BCUT2D eigenvalue weighted by Gasteiger charge is -2.36. The van der Waals surface area contributed by atoms with Gasteiger partial charge in [-0.1, -0.05) is 16.8 Å². The first kappa shape index (κ1) is 26.2. The van der Waals surface area contributed by atoms with Gasteiger partial charge >= 0.3 is 13.3 Å². The molecule has 1 aromatic rings. The van der Waals surface area contributed by atoms with Gasteiger partial charge in [0.05, 0.1) is 16.9 Å². The van der Waals surface area contributed by atoms with E-state index in [4.69, 9.17) is 26.4 Å². The molecule has 13 heteroatoms. The van der Waals surface area contributed by atoms with Crippen LogP contribution in [0.3, 0.4) is 0 Å². The Morgan fingerprint density at radius 1 is 1.32 bits per heavy atom. The molecule has 7 nitrogen and oxygen atoms in total. The minimum atomic E-state index is -4.61. The fourth-order valence-electron chi connectivity index (χ4n) is 3.54. The van der Waals surface area contributed by atoms with Crippen molar-refractivity contribution in [2.45, 2.75) is 57.9 Å². The van der Waals surface area contributed by atoms with E-state index in [1.54, 1.807) is 18.4 Å². The molecule has 0 aromatic carbocycles. The highest BCUT2D eigenvalue weighted by molar-refractivity contribution is 6.62. The number of hydrogen-bond acceptors (Lipinski definition) is 6.